The fourth-order valence-electron chi connectivity index (χ4n) is 7.54. The molecule has 3 heteroatoms. The van der Waals surface area contributed by atoms with Crippen LogP contribution in [-0.2, 0) is 9.47 Å². The summed E-state index contributed by atoms with van der Waals surface area (Å²) in [4.78, 5) is 0. The van der Waals surface area contributed by atoms with Crippen LogP contribution >= 0.6 is 0 Å². The number of allylic oxidation sites excluding steroid dienone is 2. The molecule has 4 saturated carbocycles. The van der Waals surface area contributed by atoms with Crippen LogP contribution in [-0.4, -0.2) is 26.2 Å². The Morgan fingerprint density at radius 2 is 1.68 bits per heavy atom. The van der Waals surface area contributed by atoms with Crippen LogP contribution in [0.3, 0.4) is 0 Å². The Bertz CT molecular complexity index is 540. The molecule has 2 nitrogen and oxygen atoms in total. The van der Waals surface area contributed by atoms with Crippen molar-refractivity contribution in [1.82, 2.24) is 0 Å². The normalized spacial score (nSPS) is 50.2. The fraction of sp³-hybridized carbons (Fsp3) is 0.909. The van der Waals surface area contributed by atoms with Crippen molar-refractivity contribution >= 4 is 0 Å². The van der Waals surface area contributed by atoms with E-state index >= 15 is 4.39 Å². The number of hydrogen-bond acceptors (Lipinski definition) is 2. The van der Waals surface area contributed by atoms with Crippen LogP contribution in [0.1, 0.15) is 65.2 Å². The topological polar surface area (TPSA) is 18.5 Å². The molecule has 142 valence electrons. The molecule has 0 bridgehead atoms. The van der Waals surface area contributed by atoms with Crippen LogP contribution in [0.15, 0.2) is 11.6 Å². The van der Waals surface area contributed by atoms with E-state index in [9.17, 15) is 0 Å². The highest BCUT2D eigenvalue weighted by molar-refractivity contribution is 5.23. The third kappa shape index (κ3) is 2.56. The number of halogens is 1. The molecule has 0 radical (unpaired) electrons. The van der Waals surface area contributed by atoms with Gasteiger partial charge in [-0.3, -0.25) is 0 Å². The van der Waals surface area contributed by atoms with Gasteiger partial charge in [0.15, 0.2) is 5.79 Å². The summed E-state index contributed by atoms with van der Waals surface area (Å²) in [5.41, 5.74) is 2.00. The Hall–Kier alpha value is -0.410. The van der Waals surface area contributed by atoms with E-state index in [2.05, 4.69) is 19.9 Å². The Morgan fingerprint density at radius 1 is 1.00 bits per heavy atom. The Balaban J connectivity index is 1.59. The molecule has 0 aromatic heterocycles. The molecular formula is C22H35FO2. The van der Waals surface area contributed by atoms with Gasteiger partial charge in [-0.15, -0.1) is 0 Å². The van der Waals surface area contributed by atoms with Gasteiger partial charge in [0, 0.05) is 27.1 Å². The summed E-state index contributed by atoms with van der Waals surface area (Å²) >= 11 is 0. The van der Waals surface area contributed by atoms with Crippen LogP contribution in [0.4, 0.5) is 4.39 Å². The molecule has 7 atom stereocenters. The monoisotopic (exact) mass is 350 g/mol. The minimum absolute atomic E-state index is 0.127. The molecule has 0 amide bonds. The largest absolute Gasteiger partial charge is 0.353 e. The molecule has 4 rings (SSSR count). The first kappa shape index (κ1) is 18.0. The number of fused-ring (bicyclic) bond motifs is 5. The number of ether oxygens (including phenoxy) is 2. The molecule has 25 heavy (non-hydrogen) atoms. The quantitative estimate of drug-likeness (QED) is 0.482. The highest BCUT2D eigenvalue weighted by Gasteiger charge is 2.58. The first-order valence-corrected chi connectivity index (χ1v) is 10.4. The van der Waals surface area contributed by atoms with Crippen molar-refractivity contribution in [3.8, 4) is 0 Å². The Labute approximate surface area is 152 Å². The van der Waals surface area contributed by atoms with Crippen LogP contribution in [0, 0.1) is 35.0 Å². The van der Waals surface area contributed by atoms with E-state index in [1.165, 1.54) is 25.7 Å². The van der Waals surface area contributed by atoms with Crippen molar-refractivity contribution in [2.45, 2.75) is 77.2 Å². The van der Waals surface area contributed by atoms with Crippen molar-refractivity contribution in [2.24, 2.45) is 35.0 Å². The molecule has 0 saturated heterocycles. The van der Waals surface area contributed by atoms with Gasteiger partial charge in [0.25, 0.3) is 0 Å². The predicted molar refractivity (Wildman–Crippen MR) is 97.9 cm³/mol. The zero-order valence-corrected chi connectivity index (χ0v) is 16.4. The summed E-state index contributed by atoms with van der Waals surface area (Å²) in [5.74, 6) is 2.12. The maximum absolute atomic E-state index is 15.3. The second kappa shape index (κ2) is 6.34. The molecular weight excluding hydrogens is 315 g/mol. The van der Waals surface area contributed by atoms with E-state index in [0.717, 1.165) is 31.6 Å². The lowest BCUT2D eigenvalue weighted by Crippen LogP contribution is -2.54. The van der Waals surface area contributed by atoms with Crippen molar-refractivity contribution in [3.05, 3.63) is 11.6 Å². The van der Waals surface area contributed by atoms with Gasteiger partial charge >= 0.3 is 0 Å². The first-order chi connectivity index (χ1) is 12.0. The van der Waals surface area contributed by atoms with Gasteiger partial charge in [0.1, 0.15) is 6.17 Å². The smallest absolute Gasteiger partial charge is 0.167 e. The summed E-state index contributed by atoms with van der Waals surface area (Å²) in [6.07, 6.45) is 10.3. The summed E-state index contributed by atoms with van der Waals surface area (Å²) in [6, 6.07) is 0. The summed E-state index contributed by atoms with van der Waals surface area (Å²) in [6.45, 7) is 4.66. The zero-order chi connectivity index (χ0) is 17.8. The second-order valence-electron chi connectivity index (χ2n) is 9.38. The lowest BCUT2D eigenvalue weighted by Gasteiger charge is -2.57. The van der Waals surface area contributed by atoms with Crippen molar-refractivity contribution in [2.75, 3.05) is 14.2 Å². The average Bonchev–Trinajstić information content (AvgIpc) is 2.98. The highest BCUT2D eigenvalue weighted by atomic mass is 19.1. The molecule has 4 aliphatic carbocycles. The van der Waals surface area contributed by atoms with Crippen molar-refractivity contribution in [3.63, 3.8) is 0 Å². The van der Waals surface area contributed by atoms with E-state index in [4.69, 9.17) is 9.47 Å². The lowest BCUT2D eigenvalue weighted by atomic mass is 9.49. The molecule has 0 heterocycles. The Morgan fingerprint density at radius 3 is 2.36 bits per heavy atom. The summed E-state index contributed by atoms with van der Waals surface area (Å²) in [7, 11) is 3.43. The maximum Gasteiger partial charge on any atom is 0.167 e. The maximum atomic E-state index is 15.3. The molecule has 0 spiro atoms. The van der Waals surface area contributed by atoms with E-state index in [-0.39, 0.29) is 5.92 Å². The third-order valence-corrected chi connectivity index (χ3v) is 8.90. The second-order valence-corrected chi connectivity index (χ2v) is 9.38. The average molecular weight is 351 g/mol. The van der Waals surface area contributed by atoms with E-state index in [1.54, 1.807) is 19.8 Å². The molecule has 4 fully saturated rings. The molecule has 0 unspecified atom stereocenters. The molecule has 0 aromatic rings. The standard InChI is InChI=1S/C22H35FO2/c1-5-14-6-7-19-17-12-20(23)18-13-22(24-3,25-4)11-9-16(18)15(17)8-10-21(14,19)2/h5,15-20H,6-13H2,1-4H3/b14-5-/t15-,16-,17-,18-,19+,20-,21-/m1/s1. The predicted octanol–water partition coefficient (Wildman–Crippen LogP) is 5.52. The SMILES string of the molecule is C/C=C1/CC[C@H]2[C@@H]3C[C@@H](F)[C@@H]4CC(OC)(OC)CC[C@@H]4[C@H]3CC[C@]12C. The van der Waals surface area contributed by atoms with Gasteiger partial charge in [-0.25, -0.2) is 4.39 Å². The number of alkyl halides is 1. The van der Waals surface area contributed by atoms with Crippen LogP contribution in [0.2, 0.25) is 0 Å². The first-order valence-electron chi connectivity index (χ1n) is 10.4. The molecule has 4 aliphatic rings. The van der Waals surface area contributed by atoms with Crippen molar-refractivity contribution in [1.29, 1.82) is 0 Å². The van der Waals surface area contributed by atoms with Crippen molar-refractivity contribution < 1.29 is 13.9 Å². The minimum atomic E-state index is -0.687. The number of rotatable bonds is 2. The fourth-order valence-corrected chi connectivity index (χ4v) is 7.54. The number of methoxy groups -OCH3 is 2. The van der Waals surface area contributed by atoms with E-state index in [1.807, 2.05) is 0 Å². The van der Waals surface area contributed by atoms with Gasteiger partial charge in [-0.1, -0.05) is 18.6 Å². The van der Waals surface area contributed by atoms with E-state index in [0.29, 0.717) is 23.2 Å². The number of hydrogen-bond donors (Lipinski definition) is 0. The van der Waals surface area contributed by atoms with Gasteiger partial charge in [-0.2, -0.15) is 0 Å². The summed E-state index contributed by atoms with van der Waals surface area (Å²) in [5, 5.41) is 0. The zero-order valence-electron chi connectivity index (χ0n) is 16.4. The van der Waals surface area contributed by atoms with Gasteiger partial charge < -0.3 is 9.47 Å². The molecule has 0 aliphatic heterocycles. The minimum Gasteiger partial charge on any atom is -0.353 e. The van der Waals surface area contributed by atoms with Crippen LogP contribution in [0.5, 0.6) is 0 Å². The van der Waals surface area contributed by atoms with Crippen LogP contribution < -0.4 is 0 Å². The lowest BCUT2D eigenvalue weighted by molar-refractivity contribution is -0.253. The van der Waals surface area contributed by atoms with Gasteiger partial charge in [0.2, 0.25) is 0 Å². The van der Waals surface area contributed by atoms with E-state index < -0.39 is 12.0 Å². The Kier molecular flexibility index (Phi) is 4.56. The molecule has 0 N–H and O–H groups in total. The summed E-state index contributed by atoms with van der Waals surface area (Å²) < 4.78 is 26.7. The highest BCUT2D eigenvalue weighted by Crippen LogP contribution is 2.64. The van der Waals surface area contributed by atoms with Gasteiger partial charge in [0.05, 0.1) is 0 Å². The third-order valence-electron chi connectivity index (χ3n) is 8.90. The van der Waals surface area contributed by atoms with Crippen LogP contribution in [0.25, 0.3) is 0 Å². The molecule has 0 aromatic carbocycles. The van der Waals surface area contributed by atoms with Gasteiger partial charge in [-0.05, 0) is 80.5 Å².